The van der Waals surface area contributed by atoms with Gasteiger partial charge in [0.2, 0.25) is 0 Å². The lowest BCUT2D eigenvalue weighted by Gasteiger charge is -2.14. The van der Waals surface area contributed by atoms with Crippen molar-refractivity contribution < 1.29 is 17.9 Å². The summed E-state index contributed by atoms with van der Waals surface area (Å²) in [5.41, 5.74) is 0.638. The molecule has 0 aliphatic heterocycles. The lowest BCUT2D eigenvalue weighted by atomic mass is 10.2. The van der Waals surface area contributed by atoms with Crippen molar-refractivity contribution in [2.24, 2.45) is 0 Å². The molecule has 2 N–H and O–H groups in total. The zero-order valence-corrected chi connectivity index (χ0v) is 14.2. The van der Waals surface area contributed by atoms with Gasteiger partial charge in [-0.15, -0.1) is 0 Å². The Balaban J connectivity index is 0.00000400. The normalized spacial score (nSPS) is 12.0. The fourth-order valence-corrected chi connectivity index (χ4v) is 2.31. The van der Waals surface area contributed by atoms with Crippen molar-refractivity contribution in [2.45, 2.75) is 19.4 Å². The predicted octanol–water partition coefficient (Wildman–Crippen LogP) is 1.75. The number of hydrogen-bond acceptors (Lipinski definition) is 4. The third-order valence-electron chi connectivity index (χ3n) is 2.65. The number of amides is 2. The van der Waals surface area contributed by atoms with E-state index in [9.17, 15) is 13.2 Å². The third-order valence-corrected chi connectivity index (χ3v) is 3.62. The molecule has 1 aromatic rings. The number of ether oxygens (including phenoxy) is 1. The lowest BCUT2D eigenvalue weighted by Crippen LogP contribution is -2.37. The largest absolute Gasteiger partial charge is 0.497 e. The van der Waals surface area contributed by atoms with Gasteiger partial charge in [-0.05, 0) is 37.6 Å². The standard InChI is InChI=1S/C13H20N2O4S.H2S/c1-10(8-9-20(3,17)18)14-13(16)15-11-4-6-12(19-2)7-5-11;/h4-7,10H,8-9H2,1-3H3,(H2,14,15,16);1H2/t10-;/m0./s1. The van der Waals surface area contributed by atoms with E-state index in [0.717, 1.165) is 0 Å². The fourth-order valence-electron chi connectivity index (χ4n) is 1.53. The molecule has 0 aliphatic carbocycles. The second-order valence-electron chi connectivity index (χ2n) is 4.65. The van der Waals surface area contributed by atoms with Crippen LogP contribution in [-0.4, -0.2) is 39.6 Å². The molecule has 1 aromatic carbocycles. The Hall–Kier alpha value is -1.41. The topological polar surface area (TPSA) is 84.5 Å². The first-order valence-corrected chi connectivity index (χ1v) is 8.25. The predicted molar refractivity (Wildman–Crippen MR) is 89.3 cm³/mol. The SMILES string of the molecule is COc1ccc(NC(=O)N[C@@H](C)CCS(C)(=O)=O)cc1.S. The maximum Gasteiger partial charge on any atom is 0.319 e. The van der Waals surface area contributed by atoms with Gasteiger partial charge in [-0.3, -0.25) is 0 Å². The van der Waals surface area contributed by atoms with Crippen LogP contribution in [0.5, 0.6) is 5.75 Å². The highest BCUT2D eigenvalue weighted by Crippen LogP contribution is 2.14. The van der Waals surface area contributed by atoms with Crippen LogP contribution in [0.4, 0.5) is 10.5 Å². The van der Waals surface area contributed by atoms with Gasteiger partial charge in [0.15, 0.2) is 0 Å². The summed E-state index contributed by atoms with van der Waals surface area (Å²) in [7, 11) is -1.44. The van der Waals surface area contributed by atoms with Crippen LogP contribution in [-0.2, 0) is 9.84 Å². The molecule has 8 heteroatoms. The lowest BCUT2D eigenvalue weighted by molar-refractivity contribution is 0.249. The summed E-state index contributed by atoms with van der Waals surface area (Å²) in [4.78, 5) is 11.7. The van der Waals surface area contributed by atoms with Crippen molar-refractivity contribution in [3.63, 3.8) is 0 Å². The molecule has 0 aliphatic rings. The summed E-state index contributed by atoms with van der Waals surface area (Å²) in [5.74, 6) is 0.759. The minimum absolute atomic E-state index is 0. The van der Waals surface area contributed by atoms with E-state index < -0.39 is 9.84 Å². The number of benzene rings is 1. The first-order chi connectivity index (χ1) is 9.30. The molecule has 0 heterocycles. The first-order valence-electron chi connectivity index (χ1n) is 6.19. The van der Waals surface area contributed by atoms with Crippen LogP contribution in [0.2, 0.25) is 0 Å². The molecule has 1 atom stereocenters. The molecule has 0 fully saturated rings. The van der Waals surface area contributed by atoms with E-state index in [1.165, 1.54) is 6.26 Å². The first kappa shape index (κ1) is 19.6. The molecular formula is C13H22N2O4S2. The molecule has 0 aromatic heterocycles. The summed E-state index contributed by atoms with van der Waals surface area (Å²) >= 11 is 0. The molecule has 0 unspecified atom stereocenters. The number of carbonyl (C=O) groups excluding carboxylic acids is 1. The maximum absolute atomic E-state index is 11.7. The molecule has 0 radical (unpaired) electrons. The summed E-state index contributed by atoms with van der Waals surface area (Å²) < 4.78 is 27.1. The van der Waals surface area contributed by atoms with Crippen LogP contribution in [0, 0.1) is 0 Å². The van der Waals surface area contributed by atoms with Crippen molar-refractivity contribution in [1.29, 1.82) is 0 Å². The van der Waals surface area contributed by atoms with Crippen molar-refractivity contribution in [1.82, 2.24) is 5.32 Å². The number of nitrogens with one attached hydrogen (secondary N) is 2. The minimum Gasteiger partial charge on any atom is -0.497 e. The van der Waals surface area contributed by atoms with Gasteiger partial charge in [-0.25, -0.2) is 13.2 Å². The van der Waals surface area contributed by atoms with Crippen LogP contribution < -0.4 is 15.4 Å². The molecule has 2 amide bonds. The van der Waals surface area contributed by atoms with E-state index in [2.05, 4.69) is 10.6 Å². The van der Waals surface area contributed by atoms with E-state index in [-0.39, 0.29) is 31.3 Å². The Morgan fingerprint density at radius 2 is 1.86 bits per heavy atom. The summed E-state index contributed by atoms with van der Waals surface area (Å²) in [5, 5.41) is 5.35. The summed E-state index contributed by atoms with van der Waals surface area (Å²) in [6.45, 7) is 1.76. The average molecular weight is 334 g/mol. The van der Waals surface area contributed by atoms with E-state index in [4.69, 9.17) is 4.74 Å². The van der Waals surface area contributed by atoms with Gasteiger partial charge in [-0.1, -0.05) is 0 Å². The Morgan fingerprint density at radius 3 is 2.33 bits per heavy atom. The van der Waals surface area contributed by atoms with Crippen LogP contribution in [0.25, 0.3) is 0 Å². The van der Waals surface area contributed by atoms with Gasteiger partial charge >= 0.3 is 6.03 Å². The van der Waals surface area contributed by atoms with Gasteiger partial charge in [-0.2, -0.15) is 13.5 Å². The van der Waals surface area contributed by atoms with Crippen LogP contribution in [0.15, 0.2) is 24.3 Å². The highest BCUT2D eigenvalue weighted by Gasteiger charge is 2.10. The zero-order valence-electron chi connectivity index (χ0n) is 12.3. The Kier molecular flexibility index (Phi) is 8.19. The van der Waals surface area contributed by atoms with Gasteiger partial charge in [0.1, 0.15) is 15.6 Å². The molecular weight excluding hydrogens is 312 g/mol. The van der Waals surface area contributed by atoms with Crippen LogP contribution in [0.1, 0.15) is 13.3 Å². The van der Waals surface area contributed by atoms with Gasteiger partial charge < -0.3 is 15.4 Å². The van der Waals surface area contributed by atoms with Crippen molar-refractivity contribution in [3.05, 3.63) is 24.3 Å². The Labute approximate surface area is 132 Å². The Bertz CT molecular complexity index is 544. The van der Waals surface area contributed by atoms with Gasteiger partial charge in [0, 0.05) is 18.0 Å². The maximum atomic E-state index is 11.7. The van der Waals surface area contributed by atoms with Gasteiger partial charge in [0.05, 0.1) is 12.9 Å². The van der Waals surface area contributed by atoms with Crippen LogP contribution in [0.3, 0.4) is 0 Å². The van der Waals surface area contributed by atoms with Crippen LogP contribution >= 0.6 is 13.5 Å². The molecule has 0 saturated carbocycles. The van der Waals surface area contributed by atoms with Crippen molar-refractivity contribution >= 4 is 35.1 Å². The fraction of sp³-hybridized carbons (Fsp3) is 0.462. The number of sulfone groups is 1. The molecule has 0 spiro atoms. The van der Waals surface area contributed by atoms with E-state index in [1.54, 1.807) is 38.3 Å². The highest BCUT2D eigenvalue weighted by molar-refractivity contribution is 7.90. The van der Waals surface area contributed by atoms with E-state index in [1.807, 2.05) is 0 Å². The monoisotopic (exact) mass is 334 g/mol. The van der Waals surface area contributed by atoms with E-state index >= 15 is 0 Å². The quantitative estimate of drug-likeness (QED) is 0.830. The average Bonchev–Trinajstić information content (AvgIpc) is 2.36. The van der Waals surface area contributed by atoms with Gasteiger partial charge in [0.25, 0.3) is 0 Å². The number of urea groups is 1. The number of rotatable bonds is 6. The number of carbonyl (C=O) groups is 1. The molecule has 6 nitrogen and oxygen atoms in total. The minimum atomic E-state index is -3.01. The van der Waals surface area contributed by atoms with Crippen molar-refractivity contribution in [2.75, 3.05) is 24.4 Å². The summed E-state index contributed by atoms with van der Waals surface area (Å²) in [6.07, 6.45) is 1.56. The number of anilines is 1. The van der Waals surface area contributed by atoms with Crippen molar-refractivity contribution in [3.8, 4) is 5.75 Å². The number of methoxy groups -OCH3 is 1. The molecule has 1 rings (SSSR count). The second-order valence-corrected chi connectivity index (χ2v) is 6.91. The summed E-state index contributed by atoms with van der Waals surface area (Å²) in [6, 6.07) is 6.34. The second kappa shape index (κ2) is 8.78. The third kappa shape index (κ3) is 8.46. The highest BCUT2D eigenvalue weighted by atomic mass is 32.2. The smallest absolute Gasteiger partial charge is 0.319 e. The Morgan fingerprint density at radius 1 is 1.29 bits per heavy atom. The molecule has 21 heavy (non-hydrogen) atoms. The number of hydrogen-bond donors (Lipinski definition) is 2. The zero-order chi connectivity index (χ0) is 15.2. The molecule has 0 saturated heterocycles. The van der Waals surface area contributed by atoms with E-state index in [0.29, 0.717) is 17.9 Å². The molecule has 120 valence electrons. The molecule has 0 bridgehead atoms.